The van der Waals surface area contributed by atoms with Gasteiger partial charge in [0.15, 0.2) is 16.9 Å². The van der Waals surface area contributed by atoms with Crippen LogP contribution in [0.5, 0.6) is 0 Å². The van der Waals surface area contributed by atoms with Gasteiger partial charge in [0.2, 0.25) is 11.8 Å². The number of rotatable bonds is 7. The maximum atomic E-state index is 13.1. The summed E-state index contributed by atoms with van der Waals surface area (Å²) in [5, 5.41) is 2.39. The molecule has 1 aromatic rings. The van der Waals surface area contributed by atoms with Crippen molar-refractivity contribution in [2.24, 2.45) is 11.7 Å². The first-order valence-electron chi connectivity index (χ1n) is 10.7. The molecule has 1 unspecified atom stereocenters. The zero-order valence-corrected chi connectivity index (χ0v) is 18.2. The summed E-state index contributed by atoms with van der Waals surface area (Å²) in [6.45, 7) is -0.0730. The number of nitrogens with one attached hydrogen (secondary N) is 1. The first-order chi connectivity index (χ1) is 14.8. The van der Waals surface area contributed by atoms with E-state index in [0.717, 1.165) is 17.1 Å². The van der Waals surface area contributed by atoms with Crippen molar-refractivity contribution in [3.05, 3.63) is 30.8 Å². The second-order valence-electron chi connectivity index (χ2n) is 8.14. The second-order valence-corrected chi connectivity index (χ2v) is 9.98. The molecule has 1 aliphatic carbocycles. The smallest absolute Gasteiger partial charge is 0.261 e. The Morgan fingerprint density at radius 1 is 1.16 bits per heavy atom. The van der Waals surface area contributed by atoms with Crippen LogP contribution in [0.4, 0.5) is 0 Å². The van der Waals surface area contributed by atoms with Crippen molar-refractivity contribution in [3.63, 3.8) is 0 Å². The Kier molecular flexibility index (Phi) is 7.77. The second kappa shape index (κ2) is 10.3. The fourth-order valence-electron chi connectivity index (χ4n) is 4.29. The summed E-state index contributed by atoms with van der Waals surface area (Å²) < 4.78 is 26.8. The number of Topliss-reactive ketones (excluding diaryl/α,β-unsaturated/α-hetero) is 1. The summed E-state index contributed by atoms with van der Waals surface area (Å²) in [6.07, 6.45) is 9.77. The van der Waals surface area contributed by atoms with Crippen molar-refractivity contribution in [3.8, 4) is 0 Å². The molecule has 3 rings (SSSR count). The molecule has 0 aromatic carbocycles. The number of pyridine rings is 1. The standard InChI is InChI=1S/C21H29N4O5S/c22-21(28)19-20(27)16(24-17(26)12-11-15-7-2-1-3-8-15)9-6-14-25(19)31(29,30)18-10-4-5-13-23-18/h4-5,10,12-13,15-16,19H,1-3,6-9,11,14H2,(H2,22,28)(H,24,26)/t16?,19-/m0/s1. The molecule has 1 saturated carbocycles. The van der Waals surface area contributed by atoms with Gasteiger partial charge in [0.25, 0.3) is 10.0 Å². The number of ketones is 1. The lowest BCUT2D eigenvalue weighted by Crippen LogP contribution is -2.56. The lowest BCUT2D eigenvalue weighted by molar-refractivity contribution is -0.134. The minimum absolute atomic E-state index is 0.0730. The molecule has 1 aromatic heterocycles. The molecular weight excluding hydrogens is 420 g/mol. The fraction of sp³-hybridized carbons (Fsp3) is 0.571. The van der Waals surface area contributed by atoms with E-state index in [9.17, 15) is 22.8 Å². The van der Waals surface area contributed by atoms with Gasteiger partial charge in [0, 0.05) is 19.2 Å². The van der Waals surface area contributed by atoms with Gasteiger partial charge in [-0.3, -0.25) is 14.4 Å². The molecule has 3 N–H and O–H groups in total. The van der Waals surface area contributed by atoms with Crippen LogP contribution in [-0.4, -0.2) is 53.9 Å². The molecule has 10 heteroatoms. The minimum atomic E-state index is -4.21. The first-order valence-corrected chi connectivity index (χ1v) is 12.1. The monoisotopic (exact) mass is 449 g/mol. The quantitative estimate of drug-likeness (QED) is 0.594. The van der Waals surface area contributed by atoms with Crippen LogP contribution in [0.25, 0.3) is 0 Å². The lowest BCUT2D eigenvalue weighted by Gasteiger charge is -2.26. The summed E-state index contributed by atoms with van der Waals surface area (Å²) in [6, 6.07) is 1.69. The Hall–Kier alpha value is -2.33. The van der Waals surface area contributed by atoms with Crippen LogP contribution < -0.4 is 11.1 Å². The van der Waals surface area contributed by atoms with Crippen LogP contribution in [0.1, 0.15) is 51.4 Å². The van der Waals surface area contributed by atoms with Crippen molar-refractivity contribution in [1.29, 1.82) is 0 Å². The molecule has 2 aliphatic rings. The van der Waals surface area contributed by atoms with Gasteiger partial charge in [-0.2, -0.15) is 4.31 Å². The average Bonchev–Trinajstić information content (AvgIpc) is 2.93. The number of sulfonamides is 1. The molecule has 1 aliphatic heterocycles. The molecule has 31 heavy (non-hydrogen) atoms. The number of primary amides is 1. The van der Waals surface area contributed by atoms with Crippen LogP contribution in [0.2, 0.25) is 0 Å². The Morgan fingerprint density at radius 3 is 2.55 bits per heavy atom. The number of hydrogen-bond donors (Lipinski definition) is 2. The largest absolute Gasteiger partial charge is 0.368 e. The highest BCUT2D eigenvalue weighted by atomic mass is 32.2. The van der Waals surface area contributed by atoms with E-state index < -0.39 is 33.8 Å². The molecule has 2 amide bonds. The summed E-state index contributed by atoms with van der Waals surface area (Å²) >= 11 is 0. The molecule has 169 valence electrons. The van der Waals surface area contributed by atoms with Gasteiger partial charge in [0.1, 0.15) is 0 Å². The molecule has 1 saturated heterocycles. The van der Waals surface area contributed by atoms with Gasteiger partial charge in [-0.1, -0.05) is 38.2 Å². The lowest BCUT2D eigenvalue weighted by atomic mass is 9.86. The molecule has 1 radical (unpaired) electrons. The highest BCUT2D eigenvalue weighted by Crippen LogP contribution is 2.27. The van der Waals surface area contributed by atoms with Crippen molar-refractivity contribution >= 4 is 27.6 Å². The van der Waals surface area contributed by atoms with Crippen molar-refractivity contribution < 1.29 is 22.8 Å². The molecule has 2 atom stereocenters. The highest BCUT2D eigenvalue weighted by molar-refractivity contribution is 7.89. The third kappa shape index (κ3) is 5.68. The zero-order chi connectivity index (χ0) is 22.4. The van der Waals surface area contributed by atoms with Gasteiger partial charge >= 0.3 is 0 Å². The number of carbonyl (C=O) groups is 3. The third-order valence-electron chi connectivity index (χ3n) is 5.93. The molecule has 0 bridgehead atoms. The molecule has 2 heterocycles. The Morgan fingerprint density at radius 2 is 1.90 bits per heavy atom. The van der Waals surface area contributed by atoms with Crippen molar-refractivity contribution in [1.82, 2.24) is 14.6 Å². The van der Waals surface area contributed by atoms with E-state index in [2.05, 4.69) is 10.3 Å². The third-order valence-corrected chi connectivity index (χ3v) is 7.71. The molecular formula is C21H29N4O5S. The Labute approximate surface area is 182 Å². The summed E-state index contributed by atoms with van der Waals surface area (Å²) in [5.74, 6) is -1.70. The van der Waals surface area contributed by atoms with E-state index in [0.29, 0.717) is 12.3 Å². The Bertz CT molecular complexity index is 900. The SMILES string of the molecule is NC(=O)[C@@H]1C(=O)C(NC(=O)[CH]CC2CCCCC2)CCCN1S(=O)(=O)c1ccccn1. The normalized spacial score (nSPS) is 23.8. The predicted octanol–water partition coefficient (Wildman–Crippen LogP) is 0.949. The predicted molar refractivity (Wildman–Crippen MR) is 113 cm³/mol. The van der Waals surface area contributed by atoms with Crippen molar-refractivity contribution in [2.45, 2.75) is 68.5 Å². The van der Waals surface area contributed by atoms with E-state index >= 15 is 0 Å². The number of carbonyl (C=O) groups excluding carboxylic acids is 3. The Balaban J connectivity index is 1.71. The first kappa shape index (κ1) is 23.3. The summed E-state index contributed by atoms with van der Waals surface area (Å²) in [7, 11) is -4.21. The van der Waals surface area contributed by atoms with Gasteiger partial charge in [-0.25, -0.2) is 13.4 Å². The minimum Gasteiger partial charge on any atom is -0.368 e. The molecule has 9 nitrogen and oxygen atoms in total. The number of nitrogens with two attached hydrogens (primary N) is 1. The van der Waals surface area contributed by atoms with Gasteiger partial charge in [-0.15, -0.1) is 0 Å². The average molecular weight is 450 g/mol. The van der Waals surface area contributed by atoms with E-state index in [1.807, 2.05) is 0 Å². The van der Waals surface area contributed by atoms with E-state index in [-0.39, 0.29) is 30.3 Å². The van der Waals surface area contributed by atoms with Crippen LogP contribution in [0, 0.1) is 12.3 Å². The van der Waals surface area contributed by atoms with Crippen molar-refractivity contribution in [2.75, 3.05) is 6.54 Å². The van der Waals surface area contributed by atoms with Gasteiger partial charge in [0.05, 0.1) is 6.04 Å². The number of hydrogen-bond acceptors (Lipinski definition) is 6. The molecule has 2 fully saturated rings. The van der Waals surface area contributed by atoms with Gasteiger partial charge < -0.3 is 11.1 Å². The fourth-order valence-corrected chi connectivity index (χ4v) is 5.83. The maximum Gasteiger partial charge on any atom is 0.261 e. The van der Waals surface area contributed by atoms with Gasteiger partial charge in [-0.05, 0) is 37.3 Å². The van der Waals surface area contributed by atoms with E-state index in [4.69, 9.17) is 5.73 Å². The van der Waals surface area contributed by atoms with Crippen LogP contribution in [0.15, 0.2) is 29.4 Å². The number of amides is 2. The van der Waals surface area contributed by atoms with Crippen LogP contribution in [-0.2, 0) is 24.4 Å². The van der Waals surface area contributed by atoms with Crippen LogP contribution in [0.3, 0.4) is 0 Å². The van der Waals surface area contributed by atoms with Crippen LogP contribution >= 0.6 is 0 Å². The summed E-state index contributed by atoms with van der Waals surface area (Å²) in [4.78, 5) is 41.4. The number of nitrogens with zero attached hydrogens (tertiary/aromatic N) is 2. The zero-order valence-electron chi connectivity index (χ0n) is 17.4. The number of aromatic nitrogens is 1. The molecule has 0 spiro atoms. The van der Waals surface area contributed by atoms with E-state index in [1.165, 1.54) is 37.6 Å². The summed E-state index contributed by atoms with van der Waals surface area (Å²) in [5.41, 5.74) is 5.43. The maximum absolute atomic E-state index is 13.1. The topological polar surface area (TPSA) is 140 Å². The highest BCUT2D eigenvalue weighted by Gasteiger charge is 2.44. The van der Waals surface area contributed by atoms with E-state index in [1.54, 1.807) is 12.5 Å².